The van der Waals surface area contributed by atoms with Crippen LogP contribution in [-0.4, -0.2) is 33.6 Å². The lowest BCUT2D eigenvalue weighted by atomic mass is 9.82. The molecule has 1 fully saturated rings. The van der Waals surface area contributed by atoms with Gasteiger partial charge >= 0.3 is 5.97 Å². The van der Waals surface area contributed by atoms with Crippen molar-refractivity contribution >= 4 is 35.0 Å². The van der Waals surface area contributed by atoms with Gasteiger partial charge in [0.15, 0.2) is 5.17 Å². The van der Waals surface area contributed by atoms with Gasteiger partial charge in [0.2, 0.25) is 5.91 Å². The van der Waals surface area contributed by atoms with Gasteiger partial charge in [-0.3, -0.25) is 9.59 Å². The third-order valence-corrected chi connectivity index (χ3v) is 5.14. The van der Waals surface area contributed by atoms with Crippen molar-refractivity contribution in [2.24, 2.45) is 10.2 Å². The molecule has 0 saturated carbocycles. The molecule has 0 bridgehead atoms. The fourth-order valence-corrected chi connectivity index (χ4v) is 3.03. The average Bonchev–Trinajstić information content (AvgIpc) is 2.87. The highest BCUT2D eigenvalue weighted by Gasteiger charge is 2.32. The summed E-state index contributed by atoms with van der Waals surface area (Å²) in [5, 5.41) is 18.8. The monoisotopic (exact) mass is 347 g/mol. The molecule has 0 aliphatic carbocycles. The predicted octanol–water partition coefficient (Wildman–Crippen LogP) is 2.77. The Bertz CT molecular complexity index is 681. The molecule has 1 aliphatic heterocycles. The van der Waals surface area contributed by atoms with Gasteiger partial charge in [0, 0.05) is 0 Å². The normalized spacial score (nSPS) is 19.9. The van der Waals surface area contributed by atoms with Gasteiger partial charge in [0.1, 0.15) is 5.25 Å². The van der Waals surface area contributed by atoms with Gasteiger partial charge in [-0.25, -0.2) is 0 Å². The summed E-state index contributed by atoms with van der Waals surface area (Å²) in [5.41, 5.74) is 2.31. The van der Waals surface area contributed by atoms with Gasteiger partial charge < -0.3 is 10.4 Å². The number of carboxylic acid groups (broad SMARTS) is 1. The number of hydrogen-bond acceptors (Lipinski definition) is 5. The molecule has 128 valence electrons. The average molecular weight is 347 g/mol. The maximum Gasteiger partial charge on any atom is 0.305 e. The van der Waals surface area contributed by atoms with Crippen molar-refractivity contribution in [1.82, 2.24) is 5.32 Å². The molecule has 0 aromatic heterocycles. The summed E-state index contributed by atoms with van der Waals surface area (Å²) in [7, 11) is 0. The molecule has 1 atom stereocenters. The number of amides is 1. The zero-order chi connectivity index (χ0) is 17.7. The Labute approximate surface area is 145 Å². The first kappa shape index (κ1) is 18.2. The van der Waals surface area contributed by atoms with E-state index < -0.39 is 11.2 Å². The van der Waals surface area contributed by atoms with Crippen LogP contribution in [0.4, 0.5) is 0 Å². The van der Waals surface area contributed by atoms with Crippen LogP contribution in [0.2, 0.25) is 0 Å². The number of benzene rings is 1. The van der Waals surface area contributed by atoms with Crippen LogP contribution >= 0.6 is 11.8 Å². The highest BCUT2D eigenvalue weighted by atomic mass is 32.2. The standard InChI is InChI=1S/C17H21N3O3S/c1-4-17(2,3)12-7-5-11(6-8-12)10-18-20-16-19-15(23)13(24-16)9-14(21)22/h5-8,10,13H,4,9H2,1-3H3,(H,21,22)(H,19,20,23). The SMILES string of the molecule is CCC(C)(C)c1ccc(C=NN=C2NC(=O)C(CC(=O)O)S2)cc1. The zero-order valence-electron chi connectivity index (χ0n) is 13.9. The summed E-state index contributed by atoms with van der Waals surface area (Å²) in [6, 6.07) is 8.11. The van der Waals surface area contributed by atoms with E-state index in [2.05, 4.69) is 48.4 Å². The predicted molar refractivity (Wildman–Crippen MR) is 96.6 cm³/mol. The van der Waals surface area contributed by atoms with Crippen molar-refractivity contribution in [2.45, 2.75) is 44.3 Å². The van der Waals surface area contributed by atoms with Crippen molar-refractivity contribution in [1.29, 1.82) is 0 Å². The number of hydrogen-bond donors (Lipinski definition) is 2. The van der Waals surface area contributed by atoms with E-state index in [1.807, 2.05) is 12.1 Å². The Morgan fingerprint density at radius 1 is 1.38 bits per heavy atom. The molecule has 1 aromatic carbocycles. The number of nitrogens with one attached hydrogen (secondary N) is 1. The van der Waals surface area contributed by atoms with E-state index >= 15 is 0 Å². The Balaban J connectivity index is 1.99. The number of amidine groups is 1. The molecule has 1 saturated heterocycles. The van der Waals surface area contributed by atoms with Crippen LogP contribution in [0.3, 0.4) is 0 Å². The lowest BCUT2D eigenvalue weighted by Gasteiger charge is -2.23. The summed E-state index contributed by atoms with van der Waals surface area (Å²) >= 11 is 1.09. The quantitative estimate of drug-likeness (QED) is 0.611. The molecule has 0 radical (unpaired) electrons. The van der Waals surface area contributed by atoms with E-state index in [-0.39, 0.29) is 17.7 Å². The van der Waals surface area contributed by atoms with Crippen molar-refractivity contribution in [3.05, 3.63) is 35.4 Å². The second kappa shape index (κ2) is 7.61. The molecular formula is C17H21N3O3S. The number of carboxylic acids is 1. The number of aliphatic carboxylic acids is 1. The van der Waals surface area contributed by atoms with Crippen LogP contribution in [-0.2, 0) is 15.0 Å². The van der Waals surface area contributed by atoms with Crippen molar-refractivity contribution in [3.8, 4) is 0 Å². The lowest BCUT2D eigenvalue weighted by molar-refractivity contribution is -0.138. The molecule has 2 rings (SSSR count). The Hall–Kier alpha value is -2.15. The van der Waals surface area contributed by atoms with Crippen LogP contribution in [0.25, 0.3) is 0 Å². The van der Waals surface area contributed by atoms with Gasteiger partial charge in [-0.1, -0.05) is 56.8 Å². The van der Waals surface area contributed by atoms with Gasteiger partial charge in [-0.2, -0.15) is 5.10 Å². The lowest BCUT2D eigenvalue weighted by Crippen LogP contribution is -2.26. The Kier molecular flexibility index (Phi) is 5.77. The van der Waals surface area contributed by atoms with E-state index in [4.69, 9.17) is 5.11 Å². The van der Waals surface area contributed by atoms with Crippen LogP contribution in [0.1, 0.15) is 44.7 Å². The number of carbonyl (C=O) groups is 2. The van der Waals surface area contributed by atoms with Gasteiger partial charge in [0.25, 0.3) is 0 Å². The fraction of sp³-hybridized carbons (Fsp3) is 0.412. The molecule has 1 amide bonds. The summed E-state index contributed by atoms with van der Waals surface area (Å²) < 4.78 is 0. The summed E-state index contributed by atoms with van der Waals surface area (Å²) in [4.78, 5) is 22.2. The minimum absolute atomic E-state index is 0.139. The van der Waals surface area contributed by atoms with E-state index in [1.54, 1.807) is 6.21 Å². The molecule has 1 unspecified atom stereocenters. The molecular weight excluding hydrogens is 326 g/mol. The molecule has 6 nitrogen and oxygen atoms in total. The minimum atomic E-state index is -1.01. The summed E-state index contributed by atoms with van der Waals surface area (Å²) in [5.74, 6) is -1.36. The summed E-state index contributed by atoms with van der Waals surface area (Å²) in [6.45, 7) is 6.57. The number of carbonyl (C=O) groups excluding carboxylic acids is 1. The van der Waals surface area contributed by atoms with Gasteiger partial charge in [-0.05, 0) is 23.0 Å². The Morgan fingerprint density at radius 3 is 2.62 bits per heavy atom. The highest BCUT2D eigenvalue weighted by molar-refractivity contribution is 8.15. The second-order valence-corrected chi connectivity index (χ2v) is 7.39. The number of rotatable bonds is 6. The maximum atomic E-state index is 11.6. The maximum absolute atomic E-state index is 11.6. The first-order valence-corrected chi connectivity index (χ1v) is 8.60. The van der Waals surface area contributed by atoms with E-state index in [1.165, 1.54) is 5.56 Å². The molecule has 1 aliphatic rings. The zero-order valence-corrected chi connectivity index (χ0v) is 14.8. The highest BCUT2D eigenvalue weighted by Crippen LogP contribution is 2.26. The first-order valence-electron chi connectivity index (χ1n) is 7.72. The van der Waals surface area contributed by atoms with Gasteiger partial charge in [-0.15, -0.1) is 5.10 Å². The number of thioether (sulfide) groups is 1. The minimum Gasteiger partial charge on any atom is -0.481 e. The third kappa shape index (κ3) is 4.67. The largest absolute Gasteiger partial charge is 0.481 e. The molecule has 2 N–H and O–H groups in total. The molecule has 24 heavy (non-hydrogen) atoms. The molecule has 7 heteroatoms. The van der Waals surface area contributed by atoms with Crippen LogP contribution in [0, 0.1) is 0 Å². The topological polar surface area (TPSA) is 91.1 Å². The van der Waals surface area contributed by atoms with Crippen molar-refractivity contribution < 1.29 is 14.7 Å². The molecule has 1 aromatic rings. The van der Waals surface area contributed by atoms with E-state index in [0.29, 0.717) is 5.17 Å². The van der Waals surface area contributed by atoms with Crippen molar-refractivity contribution in [2.75, 3.05) is 0 Å². The summed E-state index contributed by atoms with van der Waals surface area (Å²) in [6.07, 6.45) is 2.43. The van der Waals surface area contributed by atoms with E-state index in [0.717, 1.165) is 23.7 Å². The third-order valence-electron chi connectivity index (χ3n) is 4.07. The van der Waals surface area contributed by atoms with Crippen molar-refractivity contribution in [3.63, 3.8) is 0 Å². The van der Waals surface area contributed by atoms with E-state index in [9.17, 15) is 9.59 Å². The van der Waals surface area contributed by atoms with Crippen LogP contribution in [0.15, 0.2) is 34.5 Å². The molecule has 0 spiro atoms. The van der Waals surface area contributed by atoms with Gasteiger partial charge in [0.05, 0.1) is 12.6 Å². The smallest absolute Gasteiger partial charge is 0.305 e. The van der Waals surface area contributed by atoms with Crippen LogP contribution < -0.4 is 5.32 Å². The number of nitrogens with zero attached hydrogens (tertiary/aromatic N) is 2. The molecule has 1 heterocycles. The first-order chi connectivity index (χ1) is 11.3. The Morgan fingerprint density at radius 2 is 2.04 bits per heavy atom. The second-order valence-electron chi connectivity index (χ2n) is 6.20. The fourth-order valence-electron chi connectivity index (χ4n) is 2.12. The van der Waals surface area contributed by atoms with Crippen LogP contribution in [0.5, 0.6) is 0 Å².